The van der Waals surface area contributed by atoms with Crippen LogP contribution >= 0.6 is 0 Å². The summed E-state index contributed by atoms with van der Waals surface area (Å²) >= 11 is 0. The van der Waals surface area contributed by atoms with Gasteiger partial charge in [-0.15, -0.1) is 0 Å². The monoisotopic (exact) mass is 277 g/mol. The van der Waals surface area contributed by atoms with Crippen LogP contribution in [0.15, 0.2) is 0 Å². The van der Waals surface area contributed by atoms with E-state index in [4.69, 9.17) is 5.26 Å². The van der Waals surface area contributed by atoms with Gasteiger partial charge in [-0.2, -0.15) is 18.4 Å². The van der Waals surface area contributed by atoms with Crippen LogP contribution in [0.5, 0.6) is 0 Å². The van der Waals surface area contributed by atoms with E-state index in [1.165, 1.54) is 0 Å². The normalized spacial score (nSPS) is 24.7. The molecule has 0 spiro atoms. The minimum atomic E-state index is -4.10. The first-order valence-electron chi connectivity index (χ1n) is 6.76. The zero-order valence-corrected chi connectivity index (χ0v) is 11.6. The molecule has 0 aliphatic carbocycles. The van der Waals surface area contributed by atoms with E-state index in [1.807, 2.05) is 11.8 Å². The Hall–Kier alpha value is -0.800. The number of rotatable bonds is 5. The quantitative estimate of drug-likeness (QED) is 0.839. The highest BCUT2D eigenvalue weighted by Gasteiger charge is 2.41. The molecule has 1 aliphatic heterocycles. The first kappa shape index (κ1) is 16.3. The standard InChI is InChI=1S/C13H22F3N3/c1-3-18-12(2,10-17)6-8-19-7-4-5-11(9-19)13(14,15)16/h11,18H,3-9H2,1-2H3. The Labute approximate surface area is 112 Å². The summed E-state index contributed by atoms with van der Waals surface area (Å²) in [5, 5.41) is 12.2. The van der Waals surface area contributed by atoms with Crippen molar-refractivity contribution in [2.75, 3.05) is 26.2 Å². The lowest BCUT2D eigenvalue weighted by Gasteiger charge is -2.35. The van der Waals surface area contributed by atoms with Gasteiger partial charge in [-0.05, 0) is 39.3 Å². The molecule has 0 radical (unpaired) electrons. The molecule has 0 aromatic carbocycles. The van der Waals surface area contributed by atoms with E-state index in [-0.39, 0.29) is 13.0 Å². The minimum Gasteiger partial charge on any atom is -0.303 e. The van der Waals surface area contributed by atoms with Gasteiger partial charge in [0.1, 0.15) is 5.54 Å². The maximum atomic E-state index is 12.7. The van der Waals surface area contributed by atoms with Crippen molar-refractivity contribution in [2.45, 2.75) is 44.8 Å². The molecular weight excluding hydrogens is 255 g/mol. The van der Waals surface area contributed by atoms with Crippen LogP contribution in [0, 0.1) is 17.2 Å². The summed E-state index contributed by atoms with van der Waals surface area (Å²) in [5.41, 5.74) is -0.653. The number of alkyl halides is 3. The lowest BCUT2D eigenvalue weighted by Crippen LogP contribution is -2.47. The van der Waals surface area contributed by atoms with Crippen molar-refractivity contribution in [2.24, 2.45) is 5.92 Å². The molecule has 19 heavy (non-hydrogen) atoms. The molecule has 2 atom stereocenters. The number of nitrogens with zero attached hydrogens (tertiary/aromatic N) is 2. The summed E-state index contributed by atoms with van der Waals surface area (Å²) in [4.78, 5) is 1.83. The highest BCUT2D eigenvalue weighted by Crippen LogP contribution is 2.33. The summed E-state index contributed by atoms with van der Waals surface area (Å²) in [7, 11) is 0. The molecule has 0 aromatic rings. The van der Waals surface area contributed by atoms with Crippen molar-refractivity contribution < 1.29 is 13.2 Å². The Bertz CT molecular complexity index is 324. The molecule has 110 valence electrons. The SMILES string of the molecule is CCNC(C)(C#N)CCN1CCCC(C(F)(F)F)C1. The molecule has 6 heteroatoms. The topological polar surface area (TPSA) is 39.1 Å². The molecular formula is C13H22F3N3. The Morgan fingerprint density at radius 1 is 1.42 bits per heavy atom. The molecule has 1 N–H and O–H groups in total. The predicted molar refractivity (Wildman–Crippen MR) is 67.5 cm³/mol. The molecule has 2 unspecified atom stereocenters. The highest BCUT2D eigenvalue weighted by molar-refractivity contribution is 5.03. The number of halogens is 3. The molecule has 3 nitrogen and oxygen atoms in total. The van der Waals surface area contributed by atoms with E-state index in [9.17, 15) is 13.2 Å². The number of likely N-dealkylation sites (tertiary alicyclic amines) is 1. The number of nitrogens with one attached hydrogen (secondary N) is 1. The summed E-state index contributed by atoms with van der Waals surface area (Å²) in [6.07, 6.45) is -2.75. The maximum absolute atomic E-state index is 12.7. The summed E-state index contributed by atoms with van der Waals surface area (Å²) in [6, 6.07) is 2.20. The second kappa shape index (κ2) is 6.58. The predicted octanol–water partition coefficient (Wildman–Crippen LogP) is 2.54. The van der Waals surface area contributed by atoms with Crippen molar-refractivity contribution >= 4 is 0 Å². The molecule has 0 aromatic heterocycles. The molecule has 0 amide bonds. The van der Waals surface area contributed by atoms with Crippen LogP contribution in [0.2, 0.25) is 0 Å². The van der Waals surface area contributed by atoms with E-state index in [2.05, 4.69) is 11.4 Å². The molecule has 1 fully saturated rings. The minimum absolute atomic E-state index is 0.0666. The summed E-state index contributed by atoms with van der Waals surface area (Å²) < 4.78 is 38.1. The maximum Gasteiger partial charge on any atom is 0.393 e. The van der Waals surface area contributed by atoms with Gasteiger partial charge in [0.15, 0.2) is 0 Å². The average Bonchev–Trinajstić information content (AvgIpc) is 2.36. The zero-order valence-electron chi connectivity index (χ0n) is 11.6. The van der Waals surface area contributed by atoms with Gasteiger partial charge in [0.25, 0.3) is 0 Å². The fraction of sp³-hybridized carbons (Fsp3) is 0.923. The fourth-order valence-corrected chi connectivity index (χ4v) is 2.48. The fourth-order valence-electron chi connectivity index (χ4n) is 2.48. The van der Waals surface area contributed by atoms with Crippen molar-refractivity contribution in [3.8, 4) is 6.07 Å². The number of nitriles is 1. The summed E-state index contributed by atoms with van der Waals surface area (Å²) in [5.74, 6) is -1.21. The van der Waals surface area contributed by atoms with Crippen LogP contribution in [0.1, 0.15) is 33.1 Å². The molecule has 0 saturated carbocycles. The number of hydrogen-bond acceptors (Lipinski definition) is 3. The Morgan fingerprint density at radius 2 is 2.11 bits per heavy atom. The van der Waals surface area contributed by atoms with Crippen LogP contribution in [0.3, 0.4) is 0 Å². The van der Waals surface area contributed by atoms with Crippen LogP contribution in [0.4, 0.5) is 13.2 Å². The van der Waals surface area contributed by atoms with Gasteiger partial charge in [-0.1, -0.05) is 6.92 Å². The van der Waals surface area contributed by atoms with Crippen molar-refractivity contribution in [1.29, 1.82) is 5.26 Å². The third-order valence-corrected chi connectivity index (χ3v) is 3.71. The van der Waals surface area contributed by atoms with Gasteiger partial charge < -0.3 is 4.90 Å². The van der Waals surface area contributed by atoms with E-state index in [0.29, 0.717) is 32.5 Å². The molecule has 1 heterocycles. The van der Waals surface area contributed by atoms with Gasteiger partial charge in [0, 0.05) is 13.1 Å². The highest BCUT2D eigenvalue weighted by atomic mass is 19.4. The van der Waals surface area contributed by atoms with Crippen molar-refractivity contribution in [1.82, 2.24) is 10.2 Å². The third-order valence-electron chi connectivity index (χ3n) is 3.71. The molecule has 0 bridgehead atoms. The zero-order chi connectivity index (χ0) is 14.5. The summed E-state index contributed by atoms with van der Waals surface area (Å²) in [6.45, 7) is 5.67. The van der Waals surface area contributed by atoms with E-state index in [0.717, 1.165) is 0 Å². The van der Waals surface area contributed by atoms with Gasteiger partial charge in [0.2, 0.25) is 0 Å². The van der Waals surface area contributed by atoms with Crippen LogP contribution in [-0.4, -0.2) is 42.8 Å². The van der Waals surface area contributed by atoms with Gasteiger partial charge in [-0.3, -0.25) is 5.32 Å². The van der Waals surface area contributed by atoms with Gasteiger partial charge >= 0.3 is 6.18 Å². The number of piperidine rings is 1. The van der Waals surface area contributed by atoms with Crippen LogP contribution in [-0.2, 0) is 0 Å². The van der Waals surface area contributed by atoms with Gasteiger partial charge in [-0.25, -0.2) is 0 Å². The molecule has 1 aliphatic rings. The smallest absolute Gasteiger partial charge is 0.303 e. The second-order valence-corrected chi connectivity index (χ2v) is 5.41. The third kappa shape index (κ3) is 5.00. The van der Waals surface area contributed by atoms with E-state index < -0.39 is 17.6 Å². The lowest BCUT2D eigenvalue weighted by atomic mass is 9.95. The Morgan fingerprint density at radius 3 is 2.63 bits per heavy atom. The van der Waals surface area contributed by atoms with E-state index >= 15 is 0 Å². The Kier molecular flexibility index (Phi) is 5.63. The average molecular weight is 277 g/mol. The van der Waals surface area contributed by atoms with Gasteiger partial charge in [0.05, 0.1) is 12.0 Å². The van der Waals surface area contributed by atoms with E-state index in [1.54, 1.807) is 6.92 Å². The first-order chi connectivity index (χ1) is 8.80. The van der Waals surface area contributed by atoms with Crippen LogP contribution in [0.25, 0.3) is 0 Å². The second-order valence-electron chi connectivity index (χ2n) is 5.41. The lowest BCUT2D eigenvalue weighted by molar-refractivity contribution is -0.186. The molecule has 1 saturated heterocycles. The number of hydrogen-bond donors (Lipinski definition) is 1. The van der Waals surface area contributed by atoms with Crippen LogP contribution < -0.4 is 5.32 Å². The van der Waals surface area contributed by atoms with Crippen molar-refractivity contribution in [3.63, 3.8) is 0 Å². The molecule has 1 rings (SSSR count). The Balaban J connectivity index is 2.47. The van der Waals surface area contributed by atoms with Crippen molar-refractivity contribution in [3.05, 3.63) is 0 Å². The largest absolute Gasteiger partial charge is 0.393 e. The first-order valence-corrected chi connectivity index (χ1v) is 6.76.